The summed E-state index contributed by atoms with van der Waals surface area (Å²) in [6.45, 7) is 10.1. The Kier molecular flexibility index (Phi) is 2.55. The highest BCUT2D eigenvalue weighted by atomic mass is 16.2. The molecule has 2 atom stereocenters. The lowest BCUT2D eigenvalue weighted by Crippen LogP contribution is -2.10. The van der Waals surface area contributed by atoms with Gasteiger partial charge in [0.15, 0.2) is 0 Å². The Morgan fingerprint density at radius 1 is 1.58 bits per heavy atom. The molecule has 1 rings (SSSR count). The smallest absolute Gasteiger partial charge is 0.250 e. The molecule has 0 aromatic rings. The predicted molar refractivity (Wildman–Crippen MR) is 49.5 cm³/mol. The van der Waals surface area contributed by atoms with Gasteiger partial charge in [0.25, 0.3) is 5.91 Å². The van der Waals surface area contributed by atoms with E-state index in [2.05, 4.69) is 27.4 Å². The van der Waals surface area contributed by atoms with Crippen LogP contribution >= 0.6 is 0 Å². The van der Waals surface area contributed by atoms with E-state index in [0.717, 1.165) is 6.42 Å². The lowest BCUT2D eigenvalue weighted by molar-refractivity contribution is -0.113. The Morgan fingerprint density at radius 2 is 2.17 bits per heavy atom. The third-order valence-electron chi connectivity index (χ3n) is 2.32. The zero-order valence-electron chi connectivity index (χ0n) is 8.08. The number of carbonyl (C=O) groups is 1. The van der Waals surface area contributed by atoms with Gasteiger partial charge in [-0.2, -0.15) is 0 Å². The normalized spacial score (nSPS) is 24.5. The molecule has 0 radical (unpaired) electrons. The Hall–Kier alpha value is -0.790. The molecule has 1 amide bonds. The maximum atomic E-state index is 11.1. The molecule has 0 aromatic carbocycles. The molecule has 1 saturated heterocycles. The van der Waals surface area contributed by atoms with Crippen molar-refractivity contribution in [2.75, 3.05) is 0 Å². The second kappa shape index (κ2) is 3.30. The van der Waals surface area contributed by atoms with Gasteiger partial charge in [0.05, 0.1) is 0 Å². The maximum absolute atomic E-state index is 11.1. The molecule has 1 aliphatic rings. The fraction of sp³-hybridized carbons (Fsp3) is 0.700. The van der Waals surface area contributed by atoms with Crippen molar-refractivity contribution in [3.05, 3.63) is 12.8 Å². The second-order valence-corrected chi connectivity index (χ2v) is 3.98. The van der Waals surface area contributed by atoms with Gasteiger partial charge in [-0.05, 0) is 18.3 Å². The van der Waals surface area contributed by atoms with E-state index in [0.29, 0.717) is 11.8 Å². The number of hydrogen-bond donors (Lipinski definition) is 0. The summed E-state index contributed by atoms with van der Waals surface area (Å²) in [6.07, 6.45) is 2.74. The topological polar surface area (TPSA) is 20.1 Å². The van der Waals surface area contributed by atoms with Crippen LogP contribution in [0.4, 0.5) is 0 Å². The van der Waals surface area contributed by atoms with Crippen LogP contribution in [0.2, 0.25) is 0 Å². The van der Waals surface area contributed by atoms with Crippen LogP contribution in [0.25, 0.3) is 0 Å². The van der Waals surface area contributed by atoms with E-state index in [4.69, 9.17) is 0 Å². The Labute approximate surface area is 74.2 Å². The number of hydrogen-bond acceptors (Lipinski definition) is 1. The van der Waals surface area contributed by atoms with Gasteiger partial charge in [-0.1, -0.05) is 27.4 Å². The van der Waals surface area contributed by atoms with Crippen LogP contribution in [0.1, 0.15) is 27.2 Å². The summed E-state index contributed by atoms with van der Waals surface area (Å²) in [4.78, 5) is 12.8. The average molecular weight is 167 g/mol. The van der Waals surface area contributed by atoms with E-state index >= 15 is 0 Å². The molecule has 0 N–H and O–H groups in total. The van der Waals surface area contributed by atoms with Crippen molar-refractivity contribution in [3.8, 4) is 0 Å². The molecular formula is C10H17NO. The monoisotopic (exact) mass is 167 g/mol. The standard InChI is InChI=1S/C10H17NO/c1-5-11-9(10(11)12)8(4)6-7(2)3/h5,7-9H,1,6H2,2-4H3. The molecule has 1 heterocycles. The second-order valence-electron chi connectivity index (χ2n) is 3.98. The van der Waals surface area contributed by atoms with Gasteiger partial charge in [-0.3, -0.25) is 4.79 Å². The summed E-state index contributed by atoms with van der Waals surface area (Å²) in [7, 11) is 0. The summed E-state index contributed by atoms with van der Waals surface area (Å²) < 4.78 is 0. The first-order chi connectivity index (χ1) is 5.57. The molecule has 0 spiro atoms. The molecule has 0 aliphatic carbocycles. The van der Waals surface area contributed by atoms with Crippen LogP contribution < -0.4 is 0 Å². The average Bonchev–Trinajstić information content (AvgIpc) is 2.59. The molecule has 12 heavy (non-hydrogen) atoms. The fourth-order valence-electron chi connectivity index (χ4n) is 1.80. The van der Waals surface area contributed by atoms with Crippen LogP contribution in [0, 0.1) is 11.8 Å². The highest BCUT2D eigenvalue weighted by Crippen LogP contribution is 2.31. The first-order valence-electron chi connectivity index (χ1n) is 4.52. The predicted octanol–water partition coefficient (Wildman–Crippen LogP) is 2.02. The van der Waals surface area contributed by atoms with Crippen molar-refractivity contribution < 1.29 is 4.79 Å². The van der Waals surface area contributed by atoms with Crippen molar-refractivity contribution >= 4 is 5.91 Å². The maximum Gasteiger partial charge on any atom is 0.250 e. The third-order valence-corrected chi connectivity index (χ3v) is 2.32. The van der Waals surface area contributed by atoms with Crippen molar-refractivity contribution in [1.29, 1.82) is 0 Å². The Bertz CT molecular complexity index is 198. The van der Waals surface area contributed by atoms with Crippen molar-refractivity contribution in [2.45, 2.75) is 33.2 Å². The van der Waals surface area contributed by atoms with Gasteiger partial charge in [0, 0.05) is 6.20 Å². The molecule has 68 valence electrons. The molecule has 0 aromatic heterocycles. The Balaban J connectivity index is 2.40. The SMILES string of the molecule is C=CN1C(=O)C1C(C)CC(C)C. The summed E-state index contributed by atoms with van der Waals surface area (Å²) >= 11 is 0. The van der Waals surface area contributed by atoms with E-state index in [9.17, 15) is 4.79 Å². The molecule has 1 fully saturated rings. The van der Waals surface area contributed by atoms with E-state index in [1.54, 1.807) is 11.1 Å². The molecule has 2 unspecified atom stereocenters. The third kappa shape index (κ3) is 1.68. The lowest BCUT2D eigenvalue weighted by Gasteiger charge is -2.10. The highest BCUT2D eigenvalue weighted by molar-refractivity contribution is 5.98. The molecule has 1 aliphatic heterocycles. The van der Waals surface area contributed by atoms with Crippen LogP contribution in [0.5, 0.6) is 0 Å². The quantitative estimate of drug-likeness (QED) is 0.586. The summed E-state index contributed by atoms with van der Waals surface area (Å²) in [5.41, 5.74) is 0. The number of nitrogens with zero attached hydrogens (tertiary/aromatic N) is 1. The summed E-state index contributed by atoms with van der Waals surface area (Å²) in [5.74, 6) is 1.37. The number of carbonyl (C=O) groups excluding carboxylic acids is 1. The zero-order chi connectivity index (χ0) is 9.30. The lowest BCUT2D eigenvalue weighted by atomic mass is 9.96. The minimum Gasteiger partial charge on any atom is -0.305 e. The minimum absolute atomic E-state index is 0.130. The summed E-state index contributed by atoms with van der Waals surface area (Å²) in [6, 6.07) is 0.130. The van der Waals surface area contributed by atoms with Gasteiger partial charge >= 0.3 is 0 Å². The first-order valence-corrected chi connectivity index (χ1v) is 4.52. The van der Waals surface area contributed by atoms with Crippen LogP contribution in [-0.4, -0.2) is 16.8 Å². The van der Waals surface area contributed by atoms with Crippen LogP contribution in [0.15, 0.2) is 12.8 Å². The van der Waals surface area contributed by atoms with Gasteiger partial charge in [-0.25, -0.2) is 0 Å². The minimum atomic E-state index is 0.130. The van der Waals surface area contributed by atoms with Crippen LogP contribution in [0.3, 0.4) is 0 Å². The molecule has 0 saturated carbocycles. The molecular weight excluding hydrogens is 150 g/mol. The Morgan fingerprint density at radius 3 is 2.50 bits per heavy atom. The van der Waals surface area contributed by atoms with E-state index in [1.807, 2.05) is 0 Å². The molecule has 0 bridgehead atoms. The number of rotatable bonds is 4. The largest absolute Gasteiger partial charge is 0.305 e. The highest BCUT2D eigenvalue weighted by Gasteiger charge is 2.47. The van der Waals surface area contributed by atoms with Gasteiger partial charge in [0.2, 0.25) is 0 Å². The van der Waals surface area contributed by atoms with Crippen molar-refractivity contribution in [2.24, 2.45) is 11.8 Å². The van der Waals surface area contributed by atoms with Crippen molar-refractivity contribution in [3.63, 3.8) is 0 Å². The van der Waals surface area contributed by atoms with Crippen molar-refractivity contribution in [1.82, 2.24) is 4.90 Å². The molecule has 2 nitrogen and oxygen atoms in total. The van der Waals surface area contributed by atoms with Crippen LogP contribution in [-0.2, 0) is 4.79 Å². The first kappa shape index (κ1) is 9.30. The summed E-state index contributed by atoms with van der Waals surface area (Å²) in [5, 5.41) is 0. The van der Waals surface area contributed by atoms with Gasteiger partial charge < -0.3 is 4.90 Å². The van der Waals surface area contributed by atoms with E-state index in [-0.39, 0.29) is 11.9 Å². The van der Waals surface area contributed by atoms with E-state index < -0.39 is 0 Å². The van der Waals surface area contributed by atoms with Gasteiger partial charge in [-0.15, -0.1) is 0 Å². The number of amides is 1. The molecule has 2 heteroatoms. The fourth-order valence-corrected chi connectivity index (χ4v) is 1.80. The van der Waals surface area contributed by atoms with E-state index in [1.165, 1.54) is 0 Å². The van der Waals surface area contributed by atoms with Gasteiger partial charge in [0.1, 0.15) is 6.04 Å². The zero-order valence-corrected chi connectivity index (χ0v) is 8.08.